The first-order valence-corrected chi connectivity index (χ1v) is 9.73. The van der Waals surface area contributed by atoms with Crippen LogP contribution in [0.2, 0.25) is 10.0 Å². The highest BCUT2D eigenvalue weighted by molar-refractivity contribution is 6.35. The highest BCUT2D eigenvalue weighted by Crippen LogP contribution is 2.24. The summed E-state index contributed by atoms with van der Waals surface area (Å²) in [5, 5.41) is 21.2. The number of nitrogens with one attached hydrogen (secondary N) is 1. The molecule has 1 heterocycles. The molecule has 1 saturated heterocycles. The Kier molecular flexibility index (Phi) is 8.53. The molecule has 0 aliphatic carbocycles. The number of hydrogen-bond acceptors (Lipinski definition) is 5. The summed E-state index contributed by atoms with van der Waals surface area (Å²) in [4.78, 5) is 28.7. The van der Waals surface area contributed by atoms with Gasteiger partial charge < -0.3 is 10.2 Å². The number of likely N-dealkylation sites (tertiary alicyclic amines) is 1. The van der Waals surface area contributed by atoms with Crippen LogP contribution >= 0.6 is 23.2 Å². The van der Waals surface area contributed by atoms with Gasteiger partial charge in [-0.2, -0.15) is 10.5 Å². The molecule has 1 aliphatic rings. The number of hydrogen-bond donors (Lipinski definition) is 1. The Morgan fingerprint density at radius 1 is 1.14 bits per heavy atom. The highest BCUT2D eigenvalue weighted by atomic mass is 35.5. The fourth-order valence-electron chi connectivity index (χ4n) is 3.17. The lowest BCUT2D eigenvalue weighted by Crippen LogP contribution is -2.46. The van der Waals surface area contributed by atoms with E-state index in [0.29, 0.717) is 28.7 Å². The zero-order chi connectivity index (χ0) is 20.5. The van der Waals surface area contributed by atoms with Gasteiger partial charge >= 0.3 is 0 Å². The first kappa shape index (κ1) is 22.0. The molecule has 1 aromatic rings. The average molecular weight is 422 g/mol. The van der Waals surface area contributed by atoms with Crippen LogP contribution in [0.15, 0.2) is 18.2 Å². The van der Waals surface area contributed by atoms with Gasteiger partial charge in [0.1, 0.15) is 0 Å². The van der Waals surface area contributed by atoms with E-state index in [9.17, 15) is 9.59 Å². The molecule has 2 amide bonds. The van der Waals surface area contributed by atoms with Crippen molar-refractivity contribution in [1.29, 1.82) is 10.5 Å². The third-order valence-electron chi connectivity index (χ3n) is 4.47. The summed E-state index contributed by atoms with van der Waals surface area (Å²) in [6.45, 7) is 1.27. The number of benzene rings is 1. The van der Waals surface area contributed by atoms with Crippen LogP contribution in [0.3, 0.4) is 0 Å². The Morgan fingerprint density at radius 2 is 1.75 bits per heavy atom. The predicted molar refractivity (Wildman–Crippen MR) is 107 cm³/mol. The maximum absolute atomic E-state index is 12.7. The molecule has 1 unspecified atom stereocenters. The van der Waals surface area contributed by atoms with Crippen molar-refractivity contribution in [1.82, 2.24) is 9.80 Å². The summed E-state index contributed by atoms with van der Waals surface area (Å²) >= 11 is 11.9. The van der Waals surface area contributed by atoms with Crippen LogP contribution in [0.25, 0.3) is 0 Å². The van der Waals surface area contributed by atoms with Crippen molar-refractivity contribution >= 4 is 40.7 Å². The first-order valence-electron chi connectivity index (χ1n) is 8.97. The largest absolute Gasteiger partial charge is 0.340 e. The molecule has 7 nitrogen and oxygen atoms in total. The Hall–Kier alpha value is -2.32. The Labute approximate surface area is 174 Å². The second-order valence-corrected chi connectivity index (χ2v) is 7.35. The van der Waals surface area contributed by atoms with E-state index in [1.807, 2.05) is 17.0 Å². The minimum atomic E-state index is -0.435. The SMILES string of the molecule is N#CCCN(CCC#N)C(=O)CN1CCCC1C(=O)Nc1cc(Cl)cc(Cl)c1. The molecule has 0 radical (unpaired) electrons. The molecule has 1 N–H and O–H groups in total. The van der Waals surface area contributed by atoms with E-state index in [0.717, 1.165) is 6.42 Å². The zero-order valence-electron chi connectivity index (χ0n) is 15.3. The summed E-state index contributed by atoms with van der Waals surface area (Å²) in [6.07, 6.45) is 1.86. The second-order valence-electron chi connectivity index (χ2n) is 6.47. The molecule has 0 spiro atoms. The Balaban J connectivity index is 2.00. The molecule has 1 aromatic carbocycles. The van der Waals surface area contributed by atoms with E-state index in [2.05, 4.69) is 5.32 Å². The number of halogens is 2. The van der Waals surface area contributed by atoms with Crippen LogP contribution in [0.1, 0.15) is 25.7 Å². The monoisotopic (exact) mass is 421 g/mol. The number of nitriles is 2. The van der Waals surface area contributed by atoms with Gasteiger partial charge in [-0.05, 0) is 37.6 Å². The smallest absolute Gasteiger partial charge is 0.241 e. The number of carbonyl (C=O) groups is 2. The number of anilines is 1. The molecule has 0 aromatic heterocycles. The van der Waals surface area contributed by atoms with E-state index in [4.69, 9.17) is 33.7 Å². The maximum atomic E-state index is 12.7. The molecule has 1 aliphatic heterocycles. The van der Waals surface area contributed by atoms with E-state index in [1.54, 1.807) is 18.2 Å². The van der Waals surface area contributed by atoms with Gasteiger partial charge in [0.05, 0.1) is 37.6 Å². The van der Waals surface area contributed by atoms with E-state index in [1.165, 1.54) is 4.90 Å². The van der Waals surface area contributed by atoms with Crippen LogP contribution in [0.4, 0.5) is 5.69 Å². The van der Waals surface area contributed by atoms with Gasteiger partial charge in [-0.1, -0.05) is 23.2 Å². The molecule has 28 heavy (non-hydrogen) atoms. The third-order valence-corrected chi connectivity index (χ3v) is 4.91. The third kappa shape index (κ3) is 6.38. The molecule has 9 heteroatoms. The van der Waals surface area contributed by atoms with Crippen molar-refractivity contribution in [3.63, 3.8) is 0 Å². The minimum Gasteiger partial charge on any atom is -0.340 e. The van der Waals surface area contributed by atoms with Gasteiger partial charge in [-0.3, -0.25) is 14.5 Å². The van der Waals surface area contributed by atoms with Crippen LogP contribution in [0.5, 0.6) is 0 Å². The minimum absolute atomic E-state index is 0.0746. The fourth-order valence-corrected chi connectivity index (χ4v) is 3.69. The molecule has 148 valence electrons. The topological polar surface area (TPSA) is 100 Å². The number of nitrogens with zero attached hydrogens (tertiary/aromatic N) is 4. The van der Waals surface area contributed by atoms with Gasteiger partial charge in [0.15, 0.2) is 0 Å². The number of rotatable bonds is 8. The van der Waals surface area contributed by atoms with Crippen molar-refractivity contribution in [2.24, 2.45) is 0 Å². The lowest BCUT2D eigenvalue weighted by atomic mass is 10.2. The lowest BCUT2D eigenvalue weighted by molar-refractivity contribution is -0.133. The average Bonchev–Trinajstić information content (AvgIpc) is 3.09. The van der Waals surface area contributed by atoms with Gasteiger partial charge in [-0.15, -0.1) is 0 Å². The fraction of sp³-hybridized carbons (Fsp3) is 0.474. The molecule has 1 atom stereocenters. The summed E-state index contributed by atoms with van der Waals surface area (Å²) in [7, 11) is 0. The Bertz CT molecular complexity index is 764. The summed E-state index contributed by atoms with van der Waals surface area (Å²) < 4.78 is 0. The highest BCUT2D eigenvalue weighted by Gasteiger charge is 2.33. The molecular formula is C19H21Cl2N5O2. The molecular weight excluding hydrogens is 401 g/mol. The van der Waals surface area contributed by atoms with Gasteiger partial charge in [0.2, 0.25) is 11.8 Å². The summed E-state index contributed by atoms with van der Waals surface area (Å²) in [6, 6.07) is 8.39. The Morgan fingerprint density at radius 3 is 2.32 bits per heavy atom. The van der Waals surface area contributed by atoms with E-state index >= 15 is 0 Å². The quantitative estimate of drug-likeness (QED) is 0.694. The molecule has 0 saturated carbocycles. The molecule has 1 fully saturated rings. The van der Waals surface area contributed by atoms with E-state index < -0.39 is 6.04 Å². The zero-order valence-corrected chi connectivity index (χ0v) is 16.8. The predicted octanol–water partition coefficient (Wildman–Crippen LogP) is 3.05. The van der Waals surface area contributed by atoms with Gasteiger partial charge in [0, 0.05) is 28.8 Å². The summed E-state index contributed by atoms with van der Waals surface area (Å²) in [5.74, 6) is -0.403. The second kappa shape index (κ2) is 10.9. The maximum Gasteiger partial charge on any atom is 0.241 e. The van der Waals surface area contributed by atoms with Crippen LogP contribution in [0, 0.1) is 22.7 Å². The summed E-state index contributed by atoms with van der Waals surface area (Å²) in [5.41, 5.74) is 0.505. The van der Waals surface area contributed by atoms with Gasteiger partial charge in [0.25, 0.3) is 0 Å². The van der Waals surface area contributed by atoms with Crippen molar-refractivity contribution in [2.45, 2.75) is 31.7 Å². The van der Waals surface area contributed by atoms with Crippen LogP contribution in [-0.2, 0) is 9.59 Å². The van der Waals surface area contributed by atoms with Crippen molar-refractivity contribution in [3.8, 4) is 12.1 Å². The lowest BCUT2D eigenvalue weighted by Gasteiger charge is -2.27. The van der Waals surface area contributed by atoms with Crippen molar-refractivity contribution < 1.29 is 9.59 Å². The normalized spacial score (nSPS) is 16.2. The standard InChI is InChI=1S/C19H21Cl2N5O2/c20-14-10-15(21)12-16(11-14)24-19(28)17-4-1-7-26(17)13-18(27)25(8-2-5-22)9-3-6-23/h10-12,17H,1-4,7-9,13H2,(H,24,28). The first-order chi connectivity index (χ1) is 13.4. The number of carbonyl (C=O) groups excluding carboxylic acids is 2. The van der Waals surface area contributed by atoms with Crippen molar-refractivity contribution in [3.05, 3.63) is 28.2 Å². The van der Waals surface area contributed by atoms with Gasteiger partial charge in [-0.25, -0.2) is 0 Å². The van der Waals surface area contributed by atoms with Crippen LogP contribution in [-0.4, -0.2) is 53.8 Å². The number of amides is 2. The molecule has 2 rings (SSSR count). The van der Waals surface area contributed by atoms with Crippen LogP contribution < -0.4 is 5.32 Å². The van der Waals surface area contributed by atoms with Crippen molar-refractivity contribution in [2.75, 3.05) is 31.5 Å². The van der Waals surface area contributed by atoms with E-state index in [-0.39, 0.29) is 44.3 Å². The molecule has 0 bridgehead atoms.